The van der Waals surface area contributed by atoms with E-state index in [2.05, 4.69) is 31.3 Å². The van der Waals surface area contributed by atoms with Crippen LogP contribution >= 0.6 is 11.6 Å². The molecule has 2 aromatic rings. The van der Waals surface area contributed by atoms with Crippen molar-refractivity contribution < 1.29 is 18.8 Å². The smallest absolute Gasteiger partial charge is 0.255 e. The summed E-state index contributed by atoms with van der Waals surface area (Å²) in [5.74, 6) is 0.165. The van der Waals surface area contributed by atoms with Gasteiger partial charge in [0.1, 0.15) is 0 Å². The number of hydrogen-bond acceptors (Lipinski definition) is 4. The van der Waals surface area contributed by atoms with Gasteiger partial charge in [0.15, 0.2) is 0 Å². The third kappa shape index (κ3) is 6.94. The Morgan fingerprint density at radius 1 is 1.13 bits per heavy atom. The normalized spacial score (nSPS) is 23.5. The molecule has 2 aromatic carbocycles. The first-order valence-corrected chi connectivity index (χ1v) is 14.3. The SMILES string of the molecule is CCC[N+]1(C(C)Cc2cccc(NC(=O)c3ccc(Cl)cc3)c2)CCC(C(N)C(=O)N2CCOCC2)CC1. The van der Waals surface area contributed by atoms with Crippen LogP contribution in [0.3, 0.4) is 0 Å². The minimum atomic E-state index is -0.423. The number of halogens is 1. The van der Waals surface area contributed by atoms with Gasteiger partial charge in [-0.2, -0.15) is 0 Å². The van der Waals surface area contributed by atoms with Crippen molar-refractivity contribution in [3.05, 3.63) is 64.7 Å². The largest absolute Gasteiger partial charge is 0.378 e. The van der Waals surface area contributed by atoms with Crippen LogP contribution in [0, 0.1) is 5.92 Å². The average molecular weight is 542 g/mol. The number of carbonyl (C=O) groups excluding carboxylic acids is 2. The number of rotatable bonds is 9. The first kappa shape index (κ1) is 28.6. The summed E-state index contributed by atoms with van der Waals surface area (Å²) in [5, 5.41) is 3.62. The quantitative estimate of drug-likeness (QED) is 0.462. The van der Waals surface area contributed by atoms with Crippen molar-refractivity contribution >= 4 is 29.1 Å². The Kier molecular flexibility index (Phi) is 9.82. The fourth-order valence-electron chi connectivity index (χ4n) is 6.10. The molecule has 2 saturated heterocycles. The fraction of sp³-hybridized carbons (Fsp3) is 0.533. The lowest BCUT2D eigenvalue weighted by molar-refractivity contribution is -0.954. The van der Waals surface area contributed by atoms with Gasteiger partial charge < -0.3 is 25.2 Å². The first-order valence-electron chi connectivity index (χ1n) is 13.9. The summed E-state index contributed by atoms with van der Waals surface area (Å²) in [6, 6.07) is 15.1. The molecule has 3 N–H and O–H groups in total. The molecule has 2 atom stereocenters. The van der Waals surface area contributed by atoms with E-state index in [0.717, 1.165) is 55.5 Å². The Morgan fingerprint density at radius 2 is 1.82 bits per heavy atom. The van der Waals surface area contributed by atoms with Crippen molar-refractivity contribution in [3.8, 4) is 0 Å². The van der Waals surface area contributed by atoms with Gasteiger partial charge in [-0.15, -0.1) is 0 Å². The molecule has 2 unspecified atom stereocenters. The first-order chi connectivity index (χ1) is 18.3. The van der Waals surface area contributed by atoms with Gasteiger partial charge in [-0.05, 0) is 61.2 Å². The maximum atomic E-state index is 13.0. The van der Waals surface area contributed by atoms with E-state index in [0.29, 0.717) is 42.9 Å². The highest BCUT2D eigenvalue weighted by Gasteiger charge is 2.41. The van der Waals surface area contributed by atoms with Crippen LogP contribution in [0.2, 0.25) is 5.02 Å². The lowest BCUT2D eigenvalue weighted by atomic mass is 9.86. The van der Waals surface area contributed by atoms with E-state index in [4.69, 9.17) is 22.1 Å². The third-order valence-electron chi connectivity index (χ3n) is 8.43. The van der Waals surface area contributed by atoms with Gasteiger partial charge in [0.25, 0.3) is 5.91 Å². The molecule has 2 aliphatic rings. The second-order valence-electron chi connectivity index (χ2n) is 10.9. The summed E-state index contributed by atoms with van der Waals surface area (Å²) < 4.78 is 6.44. The number of likely N-dealkylation sites (tertiary alicyclic amines) is 1. The number of anilines is 1. The minimum Gasteiger partial charge on any atom is -0.378 e. The van der Waals surface area contributed by atoms with Gasteiger partial charge in [-0.3, -0.25) is 9.59 Å². The van der Waals surface area contributed by atoms with E-state index >= 15 is 0 Å². The Bertz CT molecular complexity index is 1080. The summed E-state index contributed by atoms with van der Waals surface area (Å²) in [6.45, 7) is 10.3. The number of ether oxygens (including phenoxy) is 1. The average Bonchev–Trinajstić information content (AvgIpc) is 2.94. The Balaban J connectivity index is 1.37. The summed E-state index contributed by atoms with van der Waals surface area (Å²) in [4.78, 5) is 27.5. The summed E-state index contributed by atoms with van der Waals surface area (Å²) in [5.41, 5.74) is 9.09. The number of amides is 2. The van der Waals surface area contributed by atoms with Crippen molar-refractivity contribution in [1.29, 1.82) is 0 Å². The molecule has 0 spiro atoms. The molecule has 0 aromatic heterocycles. The van der Waals surface area contributed by atoms with E-state index in [-0.39, 0.29) is 17.7 Å². The summed E-state index contributed by atoms with van der Waals surface area (Å²) >= 11 is 5.95. The van der Waals surface area contributed by atoms with Crippen LogP contribution in [0.5, 0.6) is 0 Å². The highest BCUT2D eigenvalue weighted by molar-refractivity contribution is 6.30. The molecule has 0 radical (unpaired) electrons. The van der Waals surface area contributed by atoms with E-state index in [1.54, 1.807) is 24.3 Å². The Hall–Kier alpha value is -2.45. The second kappa shape index (κ2) is 13.1. The lowest BCUT2D eigenvalue weighted by Gasteiger charge is -2.49. The number of quaternary nitrogens is 1. The number of carbonyl (C=O) groups is 2. The highest BCUT2D eigenvalue weighted by atomic mass is 35.5. The third-order valence-corrected chi connectivity index (χ3v) is 8.68. The standard InChI is InChI=1S/C30H41ClN4O3/c1-3-15-35(16-11-24(12-17-35)28(32)30(37)34-13-18-38-19-14-34)22(2)20-23-5-4-6-27(21-23)33-29(36)25-7-9-26(31)10-8-25/h4-10,21-22,24,28H,3,11-20,32H2,1-2H3/p+1. The zero-order valence-corrected chi connectivity index (χ0v) is 23.5. The van der Waals surface area contributed by atoms with Crippen LogP contribution in [0.1, 0.15) is 49.0 Å². The molecule has 7 nitrogen and oxygen atoms in total. The Morgan fingerprint density at radius 3 is 2.47 bits per heavy atom. The zero-order chi connectivity index (χ0) is 27.1. The van der Waals surface area contributed by atoms with Crippen molar-refractivity contribution in [2.24, 2.45) is 11.7 Å². The van der Waals surface area contributed by atoms with Crippen LogP contribution < -0.4 is 11.1 Å². The zero-order valence-electron chi connectivity index (χ0n) is 22.7. The number of hydrogen-bond donors (Lipinski definition) is 2. The molecule has 2 heterocycles. The van der Waals surface area contributed by atoms with Crippen LogP contribution in [-0.2, 0) is 16.0 Å². The predicted octanol–water partition coefficient (Wildman–Crippen LogP) is 4.35. The molecule has 0 saturated carbocycles. The number of piperidine rings is 1. The fourth-order valence-corrected chi connectivity index (χ4v) is 6.23. The summed E-state index contributed by atoms with van der Waals surface area (Å²) in [6.07, 6.45) is 3.98. The highest BCUT2D eigenvalue weighted by Crippen LogP contribution is 2.31. The molecule has 2 fully saturated rings. The summed E-state index contributed by atoms with van der Waals surface area (Å²) in [7, 11) is 0. The van der Waals surface area contributed by atoms with Crippen molar-refractivity contribution in [2.75, 3.05) is 51.3 Å². The monoisotopic (exact) mass is 541 g/mol. The molecule has 0 aliphatic carbocycles. The van der Waals surface area contributed by atoms with Crippen molar-refractivity contribution in [1.82, 2.24) is 4.90 Å². The van der Waals surface area contributed by atoms with Crippen LogP contribution in [-0.4, -0.2) is 79.2 Å². The Labute approximate surface area is 231 Å². The number of nitrogens with one attached hydrogen (secondary N) is 1. The van der Waals surface area contributed by atoms with Gasteiger partial charge in [0, 0.05) is 48.6 Å². The van der Waals surface area contributed by atoms with Crippen molar-refractivity contribution in [3.63, 3.8) is 0 Å². The van der Waals surface area contributed by atoms with E-state index < -0.39 is 6.04 Å². The number of nitrogens with zero attached hydrogens (tertiary/aromatic N) is 2. The topological polar surface area (TPSA) is 84.7 Å². The predicted molar refractivity (Wildman–Crippen MR) is 152 cm³/mol. The van der Waals surface area contributed by atoms with E-state index in [1.807, 2.05) is 17.0 Å². The van der Waals surface area contributed by atoms with Crippen LogP contribution in [0.25, 0.3) is 0 Å². The number of benzene rings is 2. The molecule has 2 aliphatic heterocycles. The molecule has 206 valence electrons. The van der Waals surface area contributed by atoms with Gasteiger partial charge in [-0.25, -0.2) is 0 Å². The van der Waals surface area contributed by atoms with Gasteiger partial charge in [0.05, 0.1) is 44.9 Å². The maximum Gasteiger partial charge on any atom is 0.255 e. The van der Waals surface area contributed by atoms with Crippen LogP contribution in [0.15, 0.2) is 48.5 Å². The van der Waals surface area contributed by atoms with Crippen molar-refractivity contribution in [2.45, 2.75) is 51.6 Å². The van der Waals surface area contributed by atoms with E-state index in [9.17, 15) is 9.59 Å². The molecule has 2 amide bonds. The molecule has 4 rings (SSSR count). The molecular weight excluding hydrogens is 500 g/mol. The second-order valence-corrected chi connectivity index (χ2v) is 11.3. The maximum absolute atomic E-state index is 13.0. The van der Waals surface area contributed by atoms with Crippen LogP contribution in [0.4, 0.5) is 5.69 Å². The molecule has 38 heavy (non-hydrogen) atoms. The lowest BCUT2D eigenvalue weighted by Crippen LogP contribution is -2.61. The number of nitrogens with two attached hydrogens (primary N) is 1. The van der Waals surface area contributed by atoms with E-state index in [1.165, 1.54) is 5.56 Å². The number of morpholine rings is 1. The molecule has 0 bridgehead atoms. The molecule has 8 heteroatoms. The van der Waals surface area contributed by atoms with Gasteiger partial charge in [-0.1, -0.05) is 30.7 Å². The molecular formula is C30H42ClN4O3+. The van der Waals surface area contributed by atoms with Gasteiger partial charge in [0.2, 0.25) is 5.91 Å². The van der Waals surface area contributed by atoms with Gasteiger partial charge >= 0.3 is 0 Å². The minimum absolute atomic E-state index is 0.0827.